The Kier molecular flexibility index (Phi) is 8.13. The van der Waals surface area contributed by atoms with Gasteiger partial charge < -0.3 is 0 Å². The SMILES string of the molecule is CC(C)(C)C1=CC=NC1.CC(C)(C)C1=CCN=C1.CC(C)(C)C1=NCC=C1. The molecule has 0 atom stereocenters. The van der Waals surface area contributed by atoms with Crippen LogP contribution in [-0.4, -0.2) is 37.8 Å². The molecular formula is C24H39N3. The van der Waals surface area contributed by atoms with Crippen molar-refractivity contribution in [3.8, 4) is 0 Å². The van der Waals surface area contributed by atoms with Crippen molar-refractivity contribution in [1.82, 2.24) is 0 Å². The Morgan fingerprint density at radius 1 is 0.778 bits per heavy atom. The van der Waals surface area contributed by atoms with E-state index in [9.17, 15) is 0 Å². The second-order valence-electron chi connectivity index (χ2n) is 10.2. The van der Waals surface area contributed by atoms with E-state index in [0.717, 1.165) is 19.6 Å². The average molecular weight is 370 g/mol. The van der Waals surface area contributed by atoms with Crippen molar-refractivity contribution in [2.24, 2.45) is 31.2 Å². The fraction of sp³-hybridized carbons (Fsp3) is 0.625. The van der Waals surface area contributed by atoms with E-state index >= 15 is 0 Å². The van der Waals surface area contributed by atoms with Crippen LogP contribution in [0.25, 0.3) is 0 Å². The van der Waals surface area contributed by atoms with Gasteiger partial charge in [0.1, 0.15) is 0 Å². The molecule has 27 heavy (non-hydrogen) atoms. The standard InChI is InChI=1S/3C8H13N/c2*1-8(2,3)7-4-5-9-6-7;1-8(2,3)7-5-4-6-9-7/h4,6H,5H2,1-3H3;2*4-5H,6H2,1-3H3. The molecule has 0 amide bonds. The van der Waals surface area contributed by atoms with Gasteiger partial charge >= 0.3 is 0 Å². The fourth-order valence-electron chi connectivity index (χ4n) is 2.54. The smallest absolute Gasteiger partial charge is 0.0608 e. The minimum absolute atomic E-state index is 0.243. The van der Waals surface area contributed by atoms with Crippen molar-refractivity contribution in [3.63, 3.8) is 0 Å². The maximum atomic E-state index is 4.31. The summed E-state index contributed by atoms with van der Waals surface area (Å²) in [6.07, 6.45) is 12.4. The maximum absolute atomic E-state index is 4.31. The third kappa shape index (κ3) is 8.64. The van der Waals surface area contributed by atoms with Crippen molar-refractivity contribution in [1.29, 1.82) is 0 Å². The fourth-order valence-corrected chi connectivity index (χ4v) is 2.54. The first-order chi connectivity index (χ1) is 12.3. The molecule has 0 aromatic carbocycles. The predicted octanol–water partition coefficient (Wildman–Crippen LogP) is 6.13. The zero-order chi connectivity index (χ0) is 20.7. The van der Waals surface area contributed by atoms with Crippen LogP contribution in [0.1, 0.15) is 62.3 Å². The summed E-state index contributed by atoms with van der Waals surface area (Å²) in [5, 5.41) is 0. The Labute approximate surface area is 167 Å². The van der Waals surface area contributed by atoms with Gasteiger partial charge in [-0.25, -0.2) is 0 Å². The molecule has 3 aliphatic heterocycles. The Hall–Kier alpha value is -1.77. The molecule has 0 saturated heterocycles. The summed E-state index contributed by atoms with van der Waals surface area (Å²) in [6, 6.07) is 0. The van der Waals surface area contributed by atoms with Gasteiger partial charge in [-0.1, -0.05) is 74.5 Å². The van der Waals surface area contributed by atoms with E-state index < -0.39 is 0 Å². The monoisotopic (exact) mass is 369 g/mol. The Morgan fingerprint density at radius 3 is 1.67 bits per heavy atom. The first-order valence-corrected chi connectivity index (χ1v) is 9.93. The summed E-state index contributed by atoms with van der Waals surface area (Å²) in [5.74, 6) is 0. The van der Waals surface area contributed by atoms with E-state index in [0.29, 0.717) is 10.8 Å². The summed E-state index contributed by atoms with van der Waals surface area (Å²) in [7, 11) is 0. The molecule has 3 heterocycles. The molecule has 0 saturated carbocycles. The lowest BCUT2D eigenvalue weighted by atomic mass is 9.87. The third-order valence-electron chi connectivity index (χ3n) is 4.53. The molecule has 0 fully saturated rings. The maximum Gasteiger partial charge on any atom is 0.0608 e. The number of hydrogen-bond acceptors (Lipinski definition) is 3. The lowest BCUT2D eigenvalue weighted by Crippen LogP contribution is -2.16. The highest BCUT2D eigenvalue weighted by Gasteiger charge is 2.18. The van der Waals surface area contributed by atoms with Gasteiger partial charge in [-0.15, -0.1) is 0 Å². The van der Waals surface area contributed by atoms with Crippen LogP contribution in [0.5, 0.6) is 0 Å². The molecule has 0 aromatic heterocycles. The molecule has 3 rings (SSSR count). The highest BCUT2D eigenvalue weighted by molar-refractivity contribution is 6.00. The second kappa shape index (κ2) is 9.43. The second-order valence-corrected chi connectivity index (χ2v) is 10.2. The zero-order valence-corrected chi connectivity index (χ0v) is 18.9. The lowest BCUT2D eigenvalue weighted by Gasteiger charge is -2.18. The van der Waals surface area contributed by atoms with Crippen LogP contribution in [0.2, 0.25) is 0 Å². The topological polar surface area (TPSA) is 37.1 Å². The van der Waals surface area contributed by atoms with Gasteiger partial charge in [-0.3, -0.25) is 15.0 Å². The number of nitrogens with zero attached hydrogens (tertiary/aromatic N) is 3. The summed E-state index contributed by atoms with van der Waals surface area (Å²) >= 11 is 0. The Bertz CT molecular complexity index is 624. The molecule has 3 nitrogen and oxygen atoms in total. The summed E-state index contributed by atoms with van der Waals surface area (Å²) in [6.45, 7) is 22.5. The van der Waals surface area contributed by atoms with E-state index in [1.54, 1.807) is 0 Å². The molecule has 0 spiro atoms. The first kappa shape index (κ1) is 23.3. The van der Waals surface area contributed by atoms with Crippen LogP contribution in [0.15, 0.2) is 50.4 Å². The lowest BCUT2D eigenvalue weighted by molar-refractivity contribution is 0.499. The zero-order valence-electron chi connectivity index (χ0n) is 18.9. The van der Waals surface area contributed by atoms with Crippen molar-refractivity contribution in [3.05, 3.63) is 35.5 Å². The quantitative estimate of drug-likeness (QED) is 0.492. The van der Waals surface area contributed by atoms with E-state index in [1.165, 1.54) is 16.9 Å². The number of aliphatic imine (C=N–C) groups is 3. The molecule has 0 aliphatic carbocycles. The van der Waals surface area contributed by atoms with Crippen molar-refractivity contribution in [2.45, 2.75) is 62.3 Å². The van der Waals surface area contributed by atoms with Crippen molar-refractivity contribution >= 4 is 18.1 Å². The van der Waals surface area contributed by atoms with E-state index in [4.69, 9.17) is 0 Å². The number of allylic oxidation sites excluding steroid dienone is 3. The summed E-state index contributed by atoms with van der Waals surface area (Å²) in [5.41, 5.74) is 4.87. The number of hydrogen-bond donors (Lipinski definition) is 0. The third-order valence-corrected chi connectivity index (χ3v) is 4.53. The number of rotatable bonds is 0. The Morgan fingerprint density at radius 2 is 1.44 bits per heavy atom. The van der Waals surface area contributed by atoms with Crippen LogP contribution in [0.4, 0.5) is 0 Å². The molecule has 0 aromatic rings. The van der Waals surface area contributed by atoms with Gasteiger partial charge in [-0.05, 0) is 34.1 Å². The van der Waals surface area contributed by atoms with E-state index in [-0.39, 0.29) is 5.41 Å². The molecule has 3 aliphatic rings. The first-order valence-electron chi connectivity index (χ1n) is 9.93. The largest absolute Gasteiger partial charge is 0.289 e. The van der Waals surface area contributed by atoms with Crippen molar-refractivity contribution < 1.29 is 0 Å². The van der Waals surface area contributed by atoms with Gasteiger partial charge in [0.25, 0.3) is 0 Å². The van der Waals surface area contributed by atoms with Gasteiger partial charge in [0.05, 0.1) is 19.6 Å². The van der Waals surface area contributed by atoms with Crippen LogP contribution in [0.3, 0.4) is 0 Å². The molecule has 150 valence electrons. The van der Waals surface area contributed by atoms with Crippen LogP contribution < -0.4 is 0 Å². The van der Waals surface area contributed by atoms with Crippen LogP contribution >= 0.6 is 0 Å². The van der Waals surface area contributed by atoms with E-state index in [2.05, 4.69) is 102 Å². The molecule has 0 radical (unpaired) electrons. The molecular weight excluding hydrogens is 330 g/mol. The van der Waals surface area contributed by atoms with Crippen LogP contribution in [-0.2, 0) is 0 Å². The van der Waals surface area contributed by atoms with Crippen LogP contribution in [0, 0.1) is 16.2 Å². The molecule has 0 unspecified atom stereocenters. The van der Waals surface area contributed by atoms with Gasteiger partial charge in [-0.2, -0.15) is 0 Å². The molecule has 0 bridgehead atoms. The molecule has 0 N–H and O–H groups in total. The minimum Gasteiger partial charge on any atom is -0.289 e. The van der Waals surface area contributed by atoms with Crippen molar-refractivity contribution in [2.75, 3.05) is 19.6 Å². The highest BCUT2D eigenvalue weighted by Crippen LogP contribution is 2.26. The predicted molar refractivity (Wildman–Crippen MR) is 123 cm³/mol. The summed E-state index contributed by atoms with van der Waals surface area (Å²) in [4.78, 5) is 12.5. The highest BCUT2D eigenvalue weighted by atomic mass is 14.8. The normalized spacial score (nSPS) is 18.3. The minimum atomic E-state index is 0.243. The average Bonchev–Trinajstić information content (AvgIpc) is 3.28. The van der Waals surface area contributed by atoms with E-state index in [1.807, 2.05) is 12.4 Å². The van der Waals surface area contributed by atoms with Gasteiger partial charge in [0, 0.05) is 23.6 Å². The van der Waals surface area contributed by atoms with Gasteiger partial charge in [0.15, 0.2) is 0 Å². The summed E-state index contributed by atoms with van der Waals surface area (Å²) < 4.78 is 0. The Balaban J connectivity index is 0.000000202. The van der Waals surface area contributed by atoms with Gasteiger partial charge in [0.2, 0.25) is 0 Å². The molecule has 3 heteroatoms.